The predicted molar refractivity (Wildman–Crippen MR) is 106 cm³/mol. The van der Waals surface area contributed by atoms with Gasteiger partial charge in [-0.3, -0.25) is 4.79 Å². The Balaban J connectivity index is 0.00000243. The molecule has 9 heteroatoms. The molecule has 1 unspecified atom stereocenters. The van der Waals surface area contributed by atoms with Crippen molar-refractivity contribution in [2.75, 3.05) is 32.7 Å². The maximum Gasteiger partial charge on any atom is 0.252 e. The van der Waals surface area contributed by atoms with Crippen molar-refractivity contribution in [1.29, 1.82) is 0 Å². The lowest BCUT2D eigenvalue weighted by Gasteiger charge is -2.22. The second kappa shape index (κ2) is 10.0. The second-order valence-electron chi connectivity index (χ2n) is 6.86. The largest absolute Gasteiger partial charge is 0.356 e. The summed E-state index contributed by atoms with van der Waals surface area (Å²) in [6.45, 7) is 4.04. The molecular weight excluding hydrogens is 394 g/mol. The summed E-state index contributed by atoms with van der Waals surface area (Å²) in [5.74, 6) is 0.615. The van der Waals surface area contributed by atoms with Crippen LogP contribution in [0.4, 0.5) is 0 Å². The van der Waals surface area contributed by atoms with Crippen molar-refractivity contribution < 1.29 is 13.2 Å². The third-order valence-electron chi connectivity index (χ3n) is 4.90. The minimum absolute atomic E-state index is 0. The highest BCUT2D eigenvalue weighted by Crippen LogP contribution is 2.27. The van der Waals surface area contributed by atoms with Gasteiger partial charge in [0.25, 0.3) is 10.0 Å². The van der Waals surface area contributed by atoms with Gasteiger partial charge in [-0.15, -0.1) is 23.7 Å². The molecule has 6 nitrogen and oxygen atoms in total. The van der Waals surface area contributed by atoms with Crippen molar-refractivity contribution in [3.8, 4) is 0 Å². The van der Waals surface area contributed by atoms with E-state index in [0.717, 1.165) is 37.2 Å². The Morgan fingerprint density at radius 2 is 2.04 bits per heavy atom. The third-order valence-corrected chi connectivity index (χ3v) is 8.36. The maximum atomic E-state index is 12.5. The van der Waals surface area contributed by atoms with E-state index in [0.29, 0.717) is 29.8 Å². The van der Waals surface area contributed by atoms with Gasteiger partial charge in [-0.25, -0.2) is 8.42 Å². The van der Waals surface area contributed by atoms with Crippen LogP contribution < -0.4 is 10.6 Å². The minimum atomic E-state index is -3.37. The molecule has 148 valence electrons. The van der Waals surface area contributed by atoms with Crippen molar-refractivity contribution >= 4 is 39.7 Å². The van der Waals surface area contributed by atoms with Crippen molar-refractivity contribution in [3.63, 3.8) is 0 Å². The van der Waals surface area contributed by atoms with Crippen LogP contribution in [-0.2, 0) is 21.2 Å². The fraction of sp³-hybridized carbons (Fsp3) is 0.706. The Kier molecular flexibility index (Phi) is 8.35. The van der Waals surface area contributed by atoms with Crippen molar-refractivity contribution in [2.24, 2.45) is 5.92 Å². The molecule has 2 saturated heterocycles. The molecule has 2 fully saturated rings. The monoisotopic (exact) mass is 421 g/mol. The van der Waals surface area contributed by atoms with E-state index in [2.05, 4.69) is 10.6 Å². The maximum absolute atomic E-state index is 12.5. The van der Waals surface area contributed by atoms with E-state index in [1.165, 1.54) is 24.2 Å². The van der Waals surface area contributed by atoms with E-state index < -0.39 is 10.0 Å². The quantitative estimate of drug-likeness (QED) is 0.705. The summed E-state index contributed by atoms with van der Waals surface area (Å²) < 4.78 is 26.9. The van der Waals surface area contributed by atoms with E-state index in [-0.39, 0.29) is 24.7 Å². The SMILES string of the molecule is Cl.O=C(Cc1ccc(S(=O)(=O)N2CCCC2)s1)NCCC1CCCNC1. The van der Waals surface area contributed by atoms with Crippen molar-refractivity contribution in [2.45, 2.75) is 42.7 Å². The average molecular weight is 422 g/mol. The lowest BCUT2D eigenvalue weighted by Crippen LogP contribution is -2.33. The zero-order chi connectivity index (χ0) is 17.7. The number of amides is 1. The van der Waals surface area contributed by atoms with Crippen LogP contribution in [0.3, 0.4) is 0 Å². The topological polar surface area (TPSA) is 78.5 Å². The summed E-state index contributed by atoms with van der Waals surface area (Å²) >= 11 is 1.22. The summed E-state index contributed by atoms with van der Waals surface area (Å²) in [5, 5.41) is 6.34. The Labute approximate surface area is 166 Å². The molecule has 1 aromatic heterocycles. The Hall–Kier alpha value is -0.670. The highest BCUT2D eigenvalue weighted by Gasteiger charge is 2.28. The fourth-order valence-corrected chi connectivity index (χ4v) is 6.48. The van der Waals surface area contributed by atoms with Crippen LogP contribution in [0.25, 0.3) is 0 Å². The van der Waals surface area contributed by atoms with Gasteiger partial charge in [0.05, 0.1) is 6.42 Å². The Morgan fingerprint density at radius 1 is 1.27 bits per heavy atom. The van der Waals surface area contributed by atoms with E-state index in [4.69, 9.17) is 0 Å². The van der Waals surface area contributed by atoms with Gasteiger partial charge in [0.1, 0.15) is 4.21 Å². The van der Waals surface area contributed by atoms with Crippen LogP contribution in [0.5, 0.6) is 0 Å². The first-order valence-electron chi connectivity index (χ1n) is 9.12. The number of carbonyl (C=O) groups excluding carboxylic acids is 1. The molecule has 1 aromatic rings. The van der Waals surface area contributed by atoms with Crippen molar-refractivity contribution in [1.82, 2.24) is 14.9 Å². The van der Waals surface area contributed by atoms with Gasteiger partial charge >= 0.3 is 0 Å². The fourth-order valence-electron chi connectivity index (χ4n) is 3.45. The zero-order valence-corrected chi connectivity index (χ0v) is 17.4. The number of thiophene rings is 1. The highest BCUT2D eigenvalue weighted by atomic mass is 35.5. The second-order valence-corrected chi connectivity index (χ2v) is 10.2. The molecular formula is C17H28ClN3O3S2. The molecule has 2 aliphatic rings. The summed E-state index contributed by atoms with van der Waals surface area (Å²) in [7, 11) is -3.37. The number of carbonyl (C=O) groups is 1. The van der Waals surface area contributed by atoms with Crippen molar-refractivity contribution in [3.05, 3.63) is 17.0 Å². The lowest BCUT2D eigenvalue weighted by molar-refractivity contribution is -0.120. The number of nitrogens with one attached hydrogen (secondary N) is 2. The molecule has 0 aromatic carbocycles. The predicted octanol–water partition coefficient (Wildman–Crippen LogP) is 2.00. The molecule has 3 heterocycles. The molecule has 0 aliphatic carbocycles. The van der Waals surface area contributed by atoms with Crippen LogP contribution >= 0.6 is 23.7 Å². The van der Waals surface area contributed by atoms with Crippen LogP contribution in [0.2, 0.25) is 0 Å². The van der Waals surface area contributed by atoms with E-state index in [1.807, 2.05) is 0 Å². The molecule has 26 heavy (non-hydrogen) atoms. The van der Waals surface area contributed by atoms with Gasteiger partial charge in [0.15, 0.2) is 0 Å². The first-order valence-corrected chi connectivity index (χ1v) is 11.4. The van der Waals surface area contributed by atoms with Gasteiger partial charge < -0.3 is 10.6 Å². The van der Waals surface area contributed by atoms with Gasteiger partial charge in [0, 0.05) is 24.5 Å². The number of rotatable bonds is 7. The molecule has 0 spiro atoms. The minimum Gasteiger partial charge on any atom is -0.356 e. The number of sulfonamides is 1. The number of piperidine rings is 1. The standard InChI is InChI=1S/C17H27N3O3S2.ClH/c21-16(19-9-7-14-4-3-8-18-13-14)12-15-5-6-17(24-15)25(22,23)20-10-1-2-11-20;/h5-6,14,18H,1-4,7-13H2,(H,19,21);1H. The molecule has 1 amide bonds. The van der Waals surface area contributed by atoms with E-state index in [9.17, 15) is 13.2 Å². The molecule has 0 saturated carbocycles. The molecule has 0 bridgehead atoms. The van der Waals surface area contributed by atoms with Crippen LogP contribution in [0.1, 0.15) is 37.0 Å². The van der Waals surface area contributed by atoms with Gasteiger partial charge in [-0.05, 0) is 63.2 Å². The molecule has 0 radical (unpaired) electrons. The molecule has 1 atom stereocenters. The molecule has 3 rings (SSSR count). The van der Waals surface area contributed by atoms with Crippen LogP contribution in [0.15, 0.2) is 16.3 Å². The van der Waals surface area contributed by atoms with Gasteiger partial charge in [-0.1, -0.05) is 0 Å². The average Bonchev–Trinajstić information content (AvgIpc) is 3.28. The summed E-state index contributed by atoms with van der Waals surface area (Å²) in [6.07, 6.45) is 5.54. The van der Waals surface area contributed by atoms with Gasteiger partial charge in [0.2, 0.25) is 5.91 Å². The first kappa shape index (κ1) is 21.6. The first-order chi connectivity index (χ1) is 12.1. The Morgan fingerprint density at radius 3 is 2.73 bits per heavy atom. The third kappa shape index (κ3) is 5.66. The van der Waals surface area contributed by atoms with Crippen LogP contribution in [0, 0.1) is 5.92 Å². The smallest absolute Gasteiger partial charge is 0.252 e. The highest BCUT2D eigenvalue weighted by molar-refractivity contribution is 7.91. The normalized spacial score (nSPS) is 21.3. The zero-order valence-electron chi connectivity index (χ0n) is 14.9. The molecule has 2 aliphatic heterocycles. The van der Waals surface area contributed by atoms with Crippen LogP contribution in [-0.4, -0.2) is 51.4 Å². The Bertz CT molecular complexity index is 681. The van der Waals surface area contributed by atoms with E-state index >= 15 is 0 Å². The van der Waals surface area contributed by atoms with E-state index in [1.54, 1.807) is 16.4 Å². The number of hydrogen-bond donors (Lipinski definition) is 2. The summed E-state index contributed by atoms with van der Waals surface area (Å²) in [6, 6.07) is 3.40. The van der Waals surface area contributed by atoms with Gasteiger partial charge in [-0.2, -0.15) is 4.31 Å². The number of halogens is 1. The molecule has 2 N–H and O–H groups in total. The number of hydrogen-bond acceptors (Lipinski definition) is 5. The number of nitrogens with zero attached hydrogens (tertiary/aromatic N) is 1. The summed E-state index contributed by atoms with van der Waals surface area (Å²) in [5.41, 5.74) is 0. The lowest BCUT2D eigenvalue weighted by atomic mass is 9.96. The summed E-state index contributed by atoms with van der Waals surface area (Å²) in [4.78, 5) is 12.9.